The molecule has 2 amide bonds. The van der Waals surface area contributed by atoms with Crippen molar-refractivity contribution in [1.29, 1.82) is 0 Å². The minimum Gasteiger partial charge on any atom is -0.492 e. The number of halogens is 2. The molecule has 2 rings (SSSR count). The lowest BCUT2D eigenvalue weighted by Gasteiger charge is -2.12. The first-order valence-corrected chi connectivity index (χ1v) is 10.4. The van der Waals surface area contributed by atoms with Crippen molar-refractivity contribution in [2.75, 3.05) is 6.61 Å². The summed E-state index contributed by atoms with van der Waals surface area (Å²) in [5, 5.41) is 2.99. The summed E-state index contributed by atoms with van der Waals surface area (Å²) >= 11 is 14.2. The van der Waals surface area contributed by atoms with Crippen molar-refractivity contribution in [3.63, 3.8) is 0 Å². The van der Waals surface area contributed by atoms with Gasteiger partial charge in [0.25, 0.3) is 11.8 Å². The number of hydrogen-bond acceptors (Lipinski definition) is 4. The maximum atomic E-state index is 12.3. The zero-order chi connectivity index (χ0) is 21.4. The third-order valence-electron chi connectivity index (χ3n) is 3.77. The number of hydrazine groups is 1. The van der Waals surface area contributed by atoms with Crippen LogP contribution in [0, 0.1) is 5.92 Å². The van der Waals surface area contributed by atoms with E-state index in [4.69, 9.17) is 28.6 Å². The predicted octanol–water partition coefficient (Wildman–Crippen LogP) is 4.48. The molecule has 0 heterocycles. The van der Waals surface area contributed by atoms with Crippen LogP contribution in [0.25, 0.3) is 0 Å². The SMILES string of the molecule is CC(C)CCOc1ccc(C(=O)NC(=S)NNC(=O)c2ccc(Cl)cc2)cc1Br. The third kappa shape index (κ3) is 7.64. The Morgan fingerprint density at radius 3 is 2.34 bits per heavy atom. The van der Waals surface area contributed by atoms with Crippen LogP contribution in [0.5, 0.6) is 5.75 Å². The second-order valence-electron chi connectivity index (χ2n) is 6.55. The second-order valence-corrected chi connectivity index (χ2v) is 8.24. The summed E-state index contributed by atoms with van der Waals surface area (Å²) in [6.07, 6.45) is 0.941. The average Bonchev–Trinajstić information content (AvgIpc) is 2.67. The number of nitrogens with one attached hydrogen (secondary N) is 3. The fourth-order valence-corrected chi connectivity index (χ4v) is 2.92. The second kappa shape index (κ2) is 11.1. The van der Waals surface area contributed by atoms with E-state index >= 15 is 0 Å². The van der Waals surface area contributed by atoms with Gasteiger partial charge in [-0.25, -0.2) is 0 Å². The molecular formula is C20H21BrClN3O3S. The molecule has 2 aromatic rings. The summed E-state index contributed by atoms with van der Waals surface area (Å²) in [6, 6.07) is 11.4. The predicted molar refractivity (Wildman–Crippen MR) is 121 cm³/mol. The standard InChI is InChI=1S/C20H21BrClN3O3S/c1-12(2)9-10-28-17-8-5-14(11-16(17)21)18(26)23-20(29)25-24-19(27)13-3-6-15(22)7-4-13/h3-8,11-12H,9-10H2,1-2H3,(H,24,27)(H2,23,25,26,29). The van der Waals surface area contributed by atoms with Gasteiger partial charge >= 0.3 is 0 Å². The van der Waals surface area contributed by atoms with Gasteiger partial charge in [-0.3, -0.25) is 25.8 Å². The Balaban J connectivity index is 1.85. The Kier molecular flexibility index (Phi) is 8.88. The zero-order valence-corrected chi connectivity index (χ0v) is 19.1. The fraction of sp³-hybridized carbons (Fsp3) is 0.250. The van der Waals surface area contributed by atoms with Crippen molar-refractivity contribution in [1.82, 2.24) is 16.2 Å². The van der Waals surface area contributed by atoms with Gasteiger partial charge in [0.2, 0.25) is 0 Å². The first-order chi connectivity index (χ1) is 13.8. The molecule has 2 aromatic carbocycles. The first kappa shape index (κ1) is 23.1. The van der Waals surface area contributed by atoms with Crippen molar-refractivity contribution in [2.24, 2.45) is 5.92 Å². The van der Waals surface area contributed by atoms with Crippen molar-refractivity contribution < 1.29 is 14.3 Å². The molecular weight excluding hydrogens is 478 g/mol. The summed E-state index contributed by atoms with van der Waals surface area (Å²) in [7, 11) is 0. The Morgan fingerprint density at radius 1 is 1.07 bits per heavy atom. The van der Waals surface area contributed by atoms with Crippen molar-refractivity contribution in [3.8, 4) is 5.75 Å². The molecule has 6 nitrogen and oxygen atoms in total. The molecule has 0 saturated carbocycles. The number of rotatable bonds is 6. The highest BCUT2D eigenvalue weighted by Crippen LogP contribution is 2.26. The van der Waals surface area contributed by atoms with Gasteiger partial charge in [0.05, 0.1) is 11.1 Å². The number of carbonyl (C=O) groups excluding carboxylic acids is 2. The highest BCUT2D eigenvalue weighted by Gasteiger charge is 2.12. The van der Waals surface area contributed by atoms with Crippen molar-refractivity contribution in [3.05, 3.63) is 63.1 Å². The summed E-state index contributed by atoms with van der Waals surface area (Å²) in [5.41, 5.74) is 5.69. The first-order valence-electron chi connectivity index (χ1n) is 8.86. The molecule has 0 atom stereocenters. The van der Waals surface area contributed by atoms with Gasteiger partial charge in [-0.15, -0.1) is 0 Å². The highest BCUT2D eigenvalue weighted by atomic mass is 79.9. The van der Waals surface area contributed by atoms with Gasteiger partial charge < -0.3 is 4.74 Å². The number of benzene rings is 2. The van der Waals surface area contributed by atoms with E-state index in [-0.39, 0.29) is 5.11 Å². The van der Waals surface area contributed by atoms with Crippen LogP contribution in [-0.2, 0) is 0 Å². The molecule has 0 aliphatic carbocycles. The average molecular weight is 499 g/mol. The molecule has 0 bridgehead atoms. The fourth-order valence-electron chi connectivity index (χ4n) is 2.16. The monoisotopic (exact) mass is 497 g/mol. The maximum Gasteiger partial charge on any atom is 0.269 e. The van der Waals surface area contributed by atoms with Gasteiger partial charge in [-0.05, 0) is 83.0 Å². The zero-order valence-electron chi connectivity index (χ0n) is 15.9. The number of ether oxygens (including phenoxy) is 1. The van der Waals surface area contributed by atoms with Crippen molar-refractivity contribution in [2.45, 2.75) is 20.3 Å². The highest BCUT2D eigenvalue weighted by molar-refractivity contribution is 9.10. The molecule has 29 heavy (non-hydrogen) atoms. The van der Waals surface area contributed by atoms with E-state index in [1.54, 1.807) is 42.5 Å². The Hall–Kier alpha value is -2.16. The van der Waals surface area contributed by atoms with Gasteiger partial charge in [-0.1, -0.05) is 25.4 Å². The Morgan fingerprint density at radius 2 is 1.72 bits per heavy atom. The minimum absolute atomic E-state index is 0.0364. The molecule has 0 aliphatic rings. The molecule has 3 N–H and O–H groups in total. The van der Waals surface area contributed by atoms with Gasteiger partial charge in [0.1, 0.15) is 5.75 Å². The van der Waals surface area contributed by atoms with E-state index in [0.717, 1.165) is 6.42 Å². The van der Waals surface area contributed by atoms with E-state index in [2.05, 4.69) is 45.9 Å². The number of hydrogen-bond donors (Lipinski definition) is 3. The van der Waals surface area contributed by atoms with Crippen LogP contribution in [0.1, 0.15) is 41.0 Å². The molecule has 0 saturated heterocycles. The van der Waals surface area contributed by atoms with E-state index in [9.17, 15) is 9.59 Å². The molecule has 0 unspecified atom stereocenters. The number of thiocarbonyl (C=S) groups is 1. The lowest BCUT2D eigenvalue weighted by atomic mass is 10.1. The number of amides is 2. The summed E-state index contributed by atoms with van der Waals surface area (Å²) < 4.78 is 6.38. The maximum absolute atomic E-state index is 12.3. The quantitative estimate of drug-likeness (QED) is 0.404. The van der Waals surface area contributed by atoms with E-state index in [0.29, 0.717) is 38.9 Å². The Labute approximate surface area is 188 Å². The van der Waals surface area contributed by atoms with E-state index in [1.807, 2.05) is 0 Å². The largest absolute Gasteiger partial charge is 0.492 e. The third-order valence-corrected chi connectivity index (χ3v) is 4.85. The van der Waals surface area contributed by atoms with Crippen LogP contribution in [0.2, 0.25) is 5.02 Å². The lowest BCUT2D eigenvalue weighted by Crippen LogP contribution is -2.48. The Bertz CT molecular complexity index is 891. The summed E-state index contributed by atoms with van der Waals surface area (Å²) in [4.78, 5) is 24.4. The normalized spacial score (nSPS) is 10.4. The minimum atomic E-state index is -0.419. The van der Waals surface area contributed by atoms with E-state index < -0.39 is 11.8 Å². The van der Waals surface area contributed by atoms with Crippen LogP contribution >= 0.6 is 39.7 Å². The molecule has 0 fully saturated rings. The van der Waals surface area contributed by atoms with Gasteiger partial charge in [0.15, 0.2) is 5.11 Å². The molecule has 0 radical (unpaired) electrons. The van der Waals surface area contributed by atoms with Crippen LogP contribution in [-0.4, -0.2) is 23.5 Å². The summed E-state index contributed by atoms with van der Waals surface area (Å²) in [5.74, 6) is 0.382. The molecule has 0 aromatic heterocycles. The molecule has 0 aliphatic heterocycles. The molecule has 154 valence electrons. The van der Waals surface area contributed by atoms with Gasteiger partial charge in [0, 0.05) is 16.1 Å². The van der Waals surface area contributed by atoms with Crippen LogP contribution in [0.15, 0.2) is 46.9 Å². The van der Waals surface area contributed by atoms with Crippen LogP contribution < -0.4 is 20.9 Å². The summed E-state index contributed by atoms with van der Waals surface area (Å²) in [6.45, 7) is 4.85. The topological polar surface area (TPSA) is 79.5 Å². The van der Waals surface area contributed by atoms with Crippen molar-refractivity contribution >= 4 is 56.7 Å². The van der Waals surface area contributed by atoms with E-state index in [1.165, 1.54) is 0 Å². The van der Waals surface area contributed by atoms with Gasteiger partial charge in [-0.2, -0.15) is 0 Å². The number of carbonyl (C=O) groups is 2. The smallest absolute Gasteiger partial charge is 0.269 e. The lowest BCUT2D eigenvalue weighted by molar-refractivity contribution is 0.0934. The molecule has 0 spiro atoms. The van der Waals surface area contributed by atoms with Crippen LogP contribution in [0.3, 0.4) is 0 Å². The van der Waals surface area contributed by atoms with Crippen LogP contribution in [0.4, 0.5) is 0 Å². The molecule has 9 heteroatoms.